The third-order valence-corrected chi connectivity index (χ3v) is 11.4. The molecule has 0 aromatic heterocycles. The third-order valence-electron chi connectivity index (χ3n) is 11.4. The zero-order chi connectivity index (χ0) is 24.9. The van der Waals surface area contributed by atoms with Crippen molar-refractivity contribution in [3.63, 3.8) is 0 Å². The minimum atomic E-state index is -0.624. The molecular weight excluding hydrogens is 394 g/mol. The minimum absolute atomic E-state index is 0.0152. The maximum Gasteiger partial charge on any atom is 0.254 e. The summed E-state index contributed by atoms with van der Waals surface area (Å²) >= 11 is 0. The fourth-order valence-electron chi connectivity index (χ4n) is 9.06. The molecule has 0 radical (unpaired) electrons. The number of likely N-dealkylation sites (tertiary alicyclic amines) is 1. The van der Waals surface area contributed by atoms with Crippen LogP contribution in [0.25, 0.3) is 0 Å². The van der Waals surface area contributed by atoms with Gasteiger partial charge in [-0.05, 0) is 63.0 Å². The Hall–Kier alpha value is -2.02. The van der Waals surface area contributed by atoms with Gasteiger partial charge < -0.3 is 4.90 Å². The number of hydrogen-bond acceptors (Lipinski definition) is 3. The molecule has 1 aliphatic heterocycles. The van der Waals surface area contributed by atoms with Crippen LogP contribution in [-0.2, 0) is 0 Å². The van der Waals surface area contributed by atoms with E-state index in [0.717, 1.165) is 5.56 Å². The van der Waals surface area contributed by atoms with Crippen LogP contribution < -0.4 is 0 Å². The van der Waals surface area contributed by atoms with Crippen LogP contribution in [0.5, 0.6) is 0 Å². The van der Waals surface area contributed by atoms with Crippen LogP contribution in [0.2, 0.25) is 0 Å². The lowest BCUT2D eigenvalue weighted by Gasteiger charge is -2.60. The molecule has 2 fully saturated rings. The summed E-state index contributed by atoms with van der Waals surface area (Å²) in [5.41, 5.74) is -0.865. The van der Waals surface area contributed by atoms with Crippen molar-refractivity contribution in [1.82, 2.24) is 9.80 Å². The second-order valence-electron chi connectivity index (χ2n) is 13.0. The lowest BCUT2D eigenvalue weighted by Crippen LogP contribution is -2.73. The Morgan fingerprint density at radius 1 is 0.812 bits per heavy atom. The maximum absolute atomic E-state index is 14.2. The van der Waals surface area contributed by atoms with E-state index in [1.54, 1.807) is 0 Å². The summed E-state index contributed by atoms with van der Waals surface area (Å²) in [5.74, 6) is 0.0152. The second kappa shape index (κ2) is 6.31. The molecule has 0 bridgehead atoms. The van der Waals surface area contributed by atoms with Crippen molar-refractivity contribution in [3.05, 3.63) is 35.4 Å². The Morgan fingerprint density at radius 3 is 1.72 bits per heavy atom. The number of carbonyl (C=O) groups is 1. The smallest absolute Gasteiger partial charge is 0.254 e. The highest BCUT2D eigenvalue weighted by Crippen LogP contribution is 2.84. The molecule has 176 valence electrons. The Morgan fingerprint density at radius 2 is 1.28 bits per heavy atom. The van der Waals surface area contributed by atoms with Gasteiger partial charge in [0.05, 0.1) is 16.6 Å². The molecule has 1 saturated heterocycles. The van der Waals surface area contributed by atoms with Crippen LogP contribution in [0.4, 0.5) is 0 Å². The van der Waals surface area contributed by atoms with Gasteiger partial charge >= 0.3 is 0 Å². The van der Waals surface area contributed by atoms with Crippen LogP contribution >= 0.6 is 0 Å². The number of carbonyl (C=O) groups excluding carboxylic acids is 1. The van der Waals surface area contributed by atoms with E-state index in [9.17, 15) is 10.1 Å². The topological polar surface area (TPSA) is 47.3 Å². The zero-order valence-electron chi connectivity index (χ0n) is 22.6. The van der Waals surface area contributed by atoms with Crippen molar-refractivity contribution in [2.45, 2.75) is 99.7 Å². The number of benzene rings is 1. The monoisotopic (exact) mass is 437 g/mol. The molecule has 2 atom stereocenters. The van der Waals surface area contributed by atoms with Crippen LogP contribution in [0, 0.1) is 40.0 Å². The van der Waals surface area contributed by atoms with Crippen molar-refractivity contribution >= 4 is 5.91 Å². The van der Waals surface area contributed by atoms with Crippen molar-refractivity contribution < 1.29 is 4.79 Å². The van der Waals surface area contributed by atoms with Crippen LogP contribution in [-0.4, -0.2) is 39.4 Å². The number of fused-ring (bicyclic) bond motifs is 1. The van der Waals surface area contributed by atoms with E-state index in [2.05, 4.69) is 82.4 Å². The van der Waals surface area contributed by atoms with Gasteiger partial charge in [0.25, 0.3) is 5.91 Å². The summed E-state index contributed by atoms with van der Waals surface area (Å²) in [5, 5.41) is 10.4. The number of amides is 1. The van der Waals surface area contributed by atoms with Gasteiger partial charge in [0.15, 0.2) is 6.19 Å². The van der Waals surface area contributed by atoms with Crippen LogP contribution in [0.15, 0.2) is 24.3 Å². The minimum Gasteiger partial charge on any atom is -0.332 e. The summed E-state index contributed by atoms with van der Waals surface area (Å²) < 4.78 is 0. The van der Waals surface area contributed by atoms with Gasteiger partial charge in [-0.25, -0.2) is 0 Å². The molecule has 0 unspecified atom stereocenters. The summed E-state index contributed by atoms with van der Waals surface area (Å²) in [6, 6.07) is 7.85. The van der Waals surface area contributed by atoms with Gasteiger partial charge in [0, 0.05) is 18.0 Å². The van der Waals surface area contributed by atoms with Gasteiger partial charge in [0.1, 0.15) is 0 Å². The quantitative estimate of drug-likeness (QED) is 0.513. The zero-order valence-corrected chi connectivity index (χ0v) is 22.6. The van der Waals surface area contributed by atoms with Gasteiger partial charge in [-0.3, -0.25) is 9.69 Å². The summed E-state index contributed by atoms with van der Waals surface area (Å²) in [6.45, 7) is 27.1. The number of aryl methyl sites for hydroxylation is 1. The second-order valence-corrected chi connectivity index (χ2v) is 13.0. The van der Waals surface area contributed by atoms with E-state index in [-0.39, 0.29) is 22.2 Å². The molecule has 2 aliphatic rings. The molecule has 3 rings (SSSR count). The van der Waals surface area contributed by atoms with Crippen LogP contribution in [0.3, 0.4) is 0 Å². The van der Waals surface area contributed by atoms with Crippen molar-refractivity contribution in [2.75, 3.05) is 7.05 Å². The first-order valence-corrected chi connectivity index (χ1v) is 11.8. The average Bonchev–Trinajstić information content (AvgIpc) is 2.82. The molecule has 0 spiro atoms. The maximum atomic E-state index is 14.2. The van der Waals surface area contributed by atoms with Crippen molar-refractivity contribution in [1.29, 1.82) is 5.26 Å². The fraction of sp³-hybridized carbons (Fsp3) is 0.714. The van der Waals surface area contributed by atoms with Crippen LogP contribution in [0.1, 0.15) is 92.1 Å². The number of likely N-dealkylation sites (N-methyl/N-ethyl adjacent to an activating group) is 1. The number of nitriles is 1. The molecule has 1 aliphatic carbocycles. The highest BCUT2D eigenvalue weighted by Gasteiger charge is 2.90. The first kappa shape index (κ1) is 24.6. The number of rotatable bonds is 2. The molecule has 0 N–H and O–H groups in total. The van der Waals surface area contributed by atoms with E-state index >= 15 is 0 Å². The van der Waals surface area contributed by atoms with Gasteiger partial charge in [-0.1, -0.05) is 66.2 Å². The summed E-state index contributed by atoms with van der Waals surface area (Å²) in [4.78, 5) is 18.2. The largest absolute Gasteiger partial charge is 0.332 e. The SMILES string of the molecule is Cc1ccc(C(=O)N(C)[C@@]23C(C)(C)N(C#N)C(C)(C)[C@]2(C)C(C)(C)C(C)(C)C3(C)C)cc1. The Labute approximate surface area is 196 Å². The molecule has 1 aromatic carbocycles. The fourth-order valence-corrected chi connectivity index (χ4v) is 9.06. The first-order chi connectivity index (χ1) is 14.3. The molecule has 1 heterocycles. The predicted molar refractivity (Wildman–Crippen MR) is 131 cm³/mol. The lowest BCUT2D eigenvalue weighted by molar-refractivity contribution is -0.0843. The summed E-state index contributed by atoms with van der Waals surface area (Å²) in [7, 11) is 1.97. The highest BCUT2D eigenvalue weighted by atomic mass is 16.2. The highest BCUT2D eigenvalue weighted by molar-refractivity contribution is 5.95. The van der Waals surface area contributed by atoms with E-state index in [1.807, 2.05) is 48.0 Å². The van der Waals surface area contributed by atoms with Crippen molar-refractivity contribution in [2.24, 2.45) is 21.7 Å². The van der Waals surface area contributed by atoms with Gasteiger partial charge in [-0.15, -0.1) is 0 Å². The van der Waals surface area contributed by atoms with Crippen molar-refractivity contribution in [3.8, 4) is 6.19 Å². The standard InChI is InChI=1S/C28H43N3O/c1-19-14-16-20(17-15-19)21(32)30(13)28-24(6,7)22(2,3)23(4,5)27(28,12)25(8,9)31(18-29)26(28,10)11/h14-17H,1-13H3/t27-,28-/m0/s1. The lowest BCUT2D eigenvalue weighted by atomic mass is 9.50. The Balaban J connectivity index is 2.47. The predicted octanol–water partition coefficient (Wildman–Crippen LogP) is 6.26. The van der Waals surface area contributed by atoms with Gasteiger partial charge in [-0.2, -0.15) is 5.26 Å². The Bertz CT molecular complexity index is 992. The third kappa shape index (κ3) is 2.08. The molecular formula is C28H43N3O. The number of nitrogens with zero attached hydrogens (tertiary/aromatic N) is 3. The van der Waals surface area contributed by atoms with E-state index in [4.69, 9.17) is 0 Å². The summed E-state index contributed by atoms with van der Waals surface area (Å²) in [6.07, 6.45) is 2.56. The van der Waals surface area contributed by atoms with Gasteiger partial charge in [0.2, 0.25) is 0 Å². The average molecular weight is 438 g/mol. The molecule has 4 nitrogen and oxygen atoms in total. The van der Waals surface area contributed by atoms with E-state index < -0.39 is 22.0 Å². The molecule has 1 aromatic rings. The normalized spacial score (nSPS) is 32.8. The first-order valence-electron chi connectivity index (χ1n) is 11.8. The molecule has 32 heavy (non-hydrogen) atoms. The number of hydrogen-bond donors (Lipinski definition) is 0. The molecule has 4 heteroatoms. The molecule has 1 saturated carbocycles. The van der Waals surface area contributed by atoms with E-state index in [0.29, 0.717) is 5.56 Å². The molecule has 1 amide bonds. The van der Waals surface area contributed by atoms with E-state index in [1.165, 1.54) is 0 Å². The Kier molecular flexibility index (Phi) is 4.85.